The molecule has 4 heteroatoms. The van der Waals surface area contributed by atoms with Crippen LogP contribution in [0.1, 0.15) is 62.4 Å². The Hall–Kier alpha value is -1.58. The number of carbonyl (C=O) groups excluding carboxylic acids is 1. The van der Waals surface area contributed by atoms with Gasteiger partial charge in [0.1, 0.15) is 5.69 Å². The highest BCUT2D eigenvalue weighted by atomic mass is 16.5. The van der Waals surface area contributed by atoms with Crippen molar-refractivity contribution in [3.63, 3.8) is 0 Å². The topological polar surface area (TPSA) is 65.2 Å². The number of pyridine rings is 1. The maximum Gasteiger partial charge on any atom is 0.356 e. The lowest BCUT2D eigenvalue weighted by Crippen LogP contribution is -2.08. The van der Waals surface area contributed by atoms with Crippen molar-refractivity contribution in [3.8, 4) is 0 Å². The first-order valence-electron chi connectivity index (χ1n) is 7.12. The minimum atomic E-state index is -0.369. The van der Waals surface area contributed by atoms with Gasteiger partial charge in [-0.25, -0.2) is 9.78 Å². The molecule has 0 bridgehead atoms. The first-order chi connectivity index (χ1) is 9.24. The molecule has 0 unspecified atom stereocenters. The molecule has 0 aliphatic carbocycles. The third-order valence-corrected chi connectivity index (χ3v) is 2.98. The highest BCUT2D eigenvalue weighted by Crippen LogP contribution is 2.08. The highest BCUT2D eigenvalue weighted by molar-refractivity contribution is 5.87. The number of esters is 1. The third-order valence-electron chi connectivity index (χ3n) is 2.98. The van der Waals surface area contributed by atoms with Crippen LogP contribution in [0.4, 0.5) is 5.69 Å². The molecule has 0 saturated heterocycles. The number of nitrogens with two attached hydrogens (primary N) is 1. The molecule has 1 aromatic heterocycles. The Balaban J connectivity index is 2.06. The number of nitrogens with zero attached hydrogens (tertiary/aromatic N) is 1. The summed E-state index contributed by atoms with van der Waals surface area (Å²) in [5.74, 6) is -0.369. The van der Waals surface area contributed by atoms with Crippen LogP contribution in [0.25, 0.3) is 0 Å². The standard InChI is InChI=1S/C15H24N2O2/c1-2-3-4-5-6-7-8-11-19-15(18)14-10-9-13(16)12-17-14/h9-10,12H,2-8,11,16H2,1H3. The van der Waals surface area contributed by atoms with Crippen LogP contribution in [-0.2, 0) is 4.74 Å². The average Bonchev–Trinajstić information content (AvgIpc) is 2.42. The van der Waals surface area contributed by atoms with Crippen LogP contribution in [0, 0.1) is 0 Å². The van der Waals surface area contributed by atoms with Crippen LogP contribution in [-0.4, -0.2) is 17.6 Å². The molecule has 0 aliphatic rings. The lowest BCUT2D eigenvalue weighted by atomic mass is 10.1. The minimum Gasteiger partial charge on any atom is -0.461 e. The smallest absolute Gasteiger partial charge is 0.356 e. The van der Waals surface area contributed by atoms with E-state index in [9.17, 15) is 4.79 Å². The molecular weight excluding hydrogens is 240 g/mol. The first kappa shape index (κ1) is 15.5. The summed E-state index contributed by atoms with van der Waals surface area (Å²) in [6.45, 7) is 2.68. The van der Waals surface area contributed by atoms with E-state index in [0.29, 0.717) is 18.0 Å². The predicted molar refractivity (Wildman–Crippen MR) is 76.9 cm³/mol. The molecule has 0 radical (unpaired) electrons. The lowest BCUT2D eigenvalue weighted by Gasteiger charge is -2.04. The molecule has 4 nitrogen and oxygen atoms in total. The summed E-state index contributed by atoms with van der Waals surface area (Å²) in [5, 5.41) is 0. The molecule has 0 fully saturated rings. The SMILES string of the molecule is CCCCCCCCCOC(=O)c1ccc(N)cn1. The molecule has 0 saturated carbocycles. The highest BCUT2D eigenvalue weighted by Gasteiger charge is 2.07. The van der Waals surface area contributed by atoms with Gasteiger partial charge in [-0.15, -0.1) is 0 Å². The number of nitrogen functional groups attached to an aromatic ring is 1. The van der Waals surface area contributed by atoms with E-state index < -0.39 is 0 Å². The summed E-state index contributed by atoms with van der Waals surface area (Å²) in [4.78, 5) is 15.5. The van der Waals surface area contributed by atoms with Crippen molar-refractivity contribution in [2.45, 2.75) is 51.9 Å². The largest absolute Gasteiger partial charge is 0.461 e. The third kappa shape index (κ3) is 6.79. The Morgan fingerprint density at radius 2 is 1.84 bits per heavy atom. The zero-order valence-corrected chi connectivity index (χ0v) is 11.7. The molecule has 0 spiro atoms. The van der Waals surface area contributed by atoms with Gasteiger partial charge in [0.15, 0.2) is 0 Å². The van der Waals surface area contributed by atoms with Crippen LogP contribution >= 0.6 is 0 Å². The molecule has 0 atom stereocenters. The quantitative estimate of drug-likeness (QED) is 0.547. The molecule has 2 N–H and O–H groups in total. The zero-order valence-electron chi connectivity index (χ0n) is 11.7. The molecule has 0 aliphatic heterocycles. The Kier molecular flexibility index (Phi) is 7.63. The maximum atomic E-state index is 11.6. The normalized spacial score (nSPS) is 10.4. The van der Waals surface area contributed by atoms with E-state index in [1.807, 2.05) is 0 Å². The Bertz CT molecular complexity index is 363. The molecular formula is C15H24N2O2. The van der Waals surface area contributed by atoms with Crippen LogP contribution in [0.3, 0.4) is 0 Å². The van der Waals surface area contributed by atoms with Crippen LogP contribution in [0.5, 0.6) is 0 Å². The summed E-state index contributed by atoms with van der Waals surface area (Å²) in [6, 6.07) is 3.24. The number of carbonyl (C=O) groups is 1. The van der Waals surface area contributed by atoms with E-state index in [0.717, 1.165) is 12.8 Å². The van der Waals surface area contributed by atoms with Crippen molar-refractivity contribution < 1.29 is 9.53 Å². The van der Waals surface area contributed by atoms with Gasteiger partial charge in [-0.1, -0.05) is 45.4 Å². The Morgan fingerprint density at radius 3 is 2.47 bits per heavy atom. The number of anilines is 1. The molecule has 19 heavy (non-hydrogen) atoms. The number of ether oxygens (including phenoxy) is 1. The van der Waals surface area contributed by atoms with Crippen LogP contribution in [0.15, 0.2) is 18.3 Å². The second kappa shape index (κ2) is 9.36. The van der Waals surface area contributed by atoms with Gasteiger partial charge in [-0.3, -0.25) is 0 Å². The molecule has 1 heterocycles. The van der Waals surface area contributed by atoms with Gasteiger partial charge in [-0.05, 0) is 18.6 Å². The van der Waals surface area contributed by atoms with E-state index in [4.69, 9.17) is 10.5 Å². The second-order valence-electron chi connectivity index (χ2n) is 4.73. The fourth-order valence-electron chi connectivity index (χ4n) is 1.82. The summed E-state index contributed by atoms with van der Waals surface area (Å²) >= 11 is 0. The number of aromatic nitrogens is 1. The van der Waals surface area contributed by atoms with Crippen molar-refractivity contribution >= 4 is 11.7 Å². The lowest BCUT2D eigenvalue weighted by molar-refractivity contribution is 0.0491. The number of hydrogen-bond donors (Lipinski definition) is 1. The number of unbranched alkanes of at least 4 members (excludes halogenated alkanes) is 6. The molecule has 1 aromatic rings. The van der Waals surface area contributed by atoms with Gasteiger partial charge in [0.25, 0.3) is 0 Å². The number of rotatable bonds is 9. The second-order valence-corrected chi connectivity index (χ2v) is 4.73. The van der Waals surface area contributed by atoms with E-state index >= 15 is 0 Å². The van der Waals surface area contributed by atoms with Gasteiger partial charge in [0.2, 0.25) is 0 Å². The van der Waals surface area contributed by atoms with Crippen molar-refractivity contribution in [2.75, 3.05) is 12.3 Å². The summed E-state index contributed by atoms with van der Waals surface area (Å²) in [7, 11) is 0. The summed E-state index contributed by atoms with van der Waals surface area (Å²) in [6.07, 6.45) is 9.90. The molecule has 0 amide bonds. The van der Waals surface area contributed by atoms with E-state index in [1.54, 1.807) is 12.1 Å². The van der Waals surface area contributed by atoms with E-state index in [-0.39, 0.29) is 5.97 Å². The maximum absolute atomic E-state index is 11.6. The van der Waals surface area contributed by atoms with Crippen molar-refractivity contribution in [3.05, 3.63) is 24.0 Å². The average molecular weight is 264 g/mol. The van der Waals surface area contributed by atoms with Gasteiger partial charge in [-0.2, -0.15) is 0 Å². The fourth-order valence-corrected chi connectivity index (χ4v) is 1.82. The van der Waals surface area contributed by atoms with Gasteiger partial charge in [0.05, 0.1) is 18.5 Å². The van der Waals surface area contributed by atoms with Crippen molar-refractivity contribution in [2.24, 2.45) is 0 Å². The summed E-state index contributed by atoms with van der Waals surface area (Å²) in [5.41, 5.74) is 6.36. The van der Waals surface area contributed by atoms with Gasteiger partial charge >= 0.3 is 5.97 Å². The minimum absolute atomic E-state index is 0.317. The van der Waals surface area contributed by atoms with Gasteiger partial charge in [0, 0.05) is 0 Å². The van der Waals surface area contributed by atoms with Crippen LogP contribution in [0.2, 0.25) is 0 Å². The van der Waals surface area contributed by atoms with Crippen LogP contribution < -0.4 is 5.73 Å². The van der Waals surface area contributed by atoms with Crippen molar-refractivity contribution in [1.29, 1.82) is 0 Å². The molecule has 0 aromatic carbocycles. The van der Waals surface area contributed by atoms with Gasteiger partial charge < -0.3 is 10.5 Å². The Morgan fingerprint density at radius 1 is 1.16 bits per heavy atom. The zero-order chi connectivity index (χ0) is 13.9. The molecule has 1 rings (SSSR count). The summed E-state index contributed by atoms with van der Waals surface area (Å²) < 4.78 is 5.15. The van der Waals surface area contributed by atoms with Crippen molar-refractivity contribution in [1.82, 2.24) is 4.98 Å². The molecule has 106 valence electrons. The Labute approximate surface area is 115 Å². The fraction of sp³-hybridized carbons (Fsp3) is 0.600. The van der Waals surface area contributed by atoms with E-state index in [1.165, 1.54) is 38.3 Å². The monoisotopic (exact) mass is 264 g/mol. The number of hydrogen-bond acceptors (Lipinski definition) is 4. The first-order valence-corrected chi connectivity index (χ1v) is 7.12. The van der Waals surface area contributed by atoms with E-state index in [2.05, 4.69) is 11.9 Å². The predicted octanol–water partition coefficient (Wildman–Crippen LogP) is 3.57.